The van der Waals surface area contributed by atoms with Crippen LogP contribution in [0, 0.1) is 0 Å². The fraction of sp³-hybridized carbons (Fsp3) is 0.212. The van der Waals surface area contributed by atoms with Crippen LogP contribution >= 0.6 is 11.6 Å². The molecule has 1 unspecified atom stereocenters. The molecular formula is C33H33ClN2O6. The Labute approximate surface area is 250 Å². The van der Waals surface area contributed by atoms with Gasteiger partial charge in [0.25, 0.3) is 5.91 Å². The van der Waals surface area contributed by atoms with Crippen molar-refractivity contribution in [1.29, 1.82) is 0 Å². The molecule has 0 bridgehead atoms. The van der Waals surface area contributed by atoms with Crippen molar-refractivity contribution in [2.75, 3.05) is 33.8 Å². The van der Waals surface area contributed by atoms with E-state index in [1.54, 1.807) is 60.5 Å². The minimum atomic E-state index is -1.05. The summed E-state index contributed by atoms with van der Waals surface area (Å²) in [7, 11) is 6.11. The third-order valence-electron chi connectivity index (χ3n) is 6.73. The highest BCUT2D eigenvalue weighted by Crippen LogP contribution is 2.35. The molecule has 1 N–H and O–H groups in total. The van der Waals surface area contributed by atoms with Crippen LogP contribution in [0.1, 0.15) is 22.7 Å². The molecule has 0 aliphatic heterocycles. The first-order valence-corrected chi connectivity index (χ1v) is 13.6. The van der Waals surface area contributed by atoms with Crippen molar-refractivity contribution in [2.45, 2.75) is 19.0 Å². The van der Waals surface area contributed by atoms with Crippen molar-refractivity contribution < 1.29 is 28.5 Å². The first-order valence-electron chi connectivity index (χ1n) is 13.2. The molecule has 0 saturated heterocycles. The number of amides is 2. The van der Waals surface area contributed by atoms with Gasteiger partial charge in [0.2, 0.25) is 5.91 Å². The molecule has 218 valence electrons. The lowest BCUT2D eigenvalue weighted by atomic mass is 10.0. The van der Waals surface area contributed by atoms with Crippen LogP contribution in [0.3, 0.4) is 0 Å². The Kier molecular flexibility index (Phi) is 10.3. The third kappa shape index (κ3) is 7.33. The Hall–Kier alpha value is -4.69. The van der Waals surface area contributed by atoms with Crippen molar-refractivity contribution in [3.63, 3.8) is 0 Å². The van der Waals surface area contributed by atoms with E-state index in [1.165, 1.54) is 21.3 Å². The second-order valence-corrected chi connectivity index (χ2v) is 9.82. The smallest absolute Gasteiger partial charge is 0.251 e. The minimum Gasteiger partial charge on any atom is -0.497 e. The summed E-state index contributed by atoms with van der Waals surface area (Å²) in [6.07, 6.45) is 0.0946. The van der Waals surface area contributed by atoms with E-state index in [0.717, 1.165) is 11.1 Å². The lowest BCUT2D eigenvalue weighted by Crippen LogP contribution is -2.41. The summed E-state index contributed by atoms with van der Waals surface area (Å²) in [4.78, 5) is 29.9. The Morgan fingerprint density at radius 3 is 2.07 bits per heavy atom. The summed E-state index contributed by atoms with van der Waals surface area (Å²) in [5, 5.41) is 3.54. The first-order chi connectivity index (χ1) is 20.4. The van der Waals surface area contributed by atoms with E-state index in [2.05, 4.69) is 5.32 Å². The molecule has 2 amide bonds. The highest BCUT2D eigenvalue weighted by molar-refractivity contribution is 6.30. The maximum absolute atomic E-state index is 14.2. The van der Waals surface area contributed by atoms with E-state index < -0.39 is 11.9 Å². The monoisotopic (exact) mass is 588 g/mol. The van der Waals surface area contributed by atoms with Crippen LogP contribution in [0.5, 0.6) is 23.0 Å². The van der Waals surface area contributed by atoms with E-state index in [1.807, 2.05) is 42.5 Å². The average Bonchev–Trinajstić information content (AvgIpc) is 3.02. The number of nitrogens with zero attached hydrogens (tertiary/aromatic N) is 1. The summed E-state index contributed by atoms with van der Waals surface area (Å²) in [5.41, 5.74) is 2.59. The number of carbonyl (C=O) groups excluding carboxylic acids is 2. The van der Waals surface area contributed by atoms with Gasteiger partial charge in [-0.3, -0.25) is 9.59 Å². The normalized spacial score (nSPS) is 11.3. The standard InChI is InChI=1S/C33H33ClN2O6/c1-39-26-15-16-27(29(20-26)41-3)35-33(38)32(24-12-17-28(40-2)30(19-24)42-4)36(21-23-10-13-25(34)14-11-23)31(37)18-22-8-6-5-7-9-22/h5-17,19-20,32H,18,21H2,1-4H3,(H,35,38). The van der Waals surface area contributed by atoms with Gasteiger partial charge in [-0.05, 0) is 53.1 Å². The number of halogens is 1. The molecule has 0 aromatic heterocycles. The zero-order valence-corrected chi connectivity index (χ0v) is 24.7. The van der Waals surface area contributed by atoms with Crippen LogP contribution < -0.4 is 24.3 Å². The topological polar surface area (TPSA) is 86.3 Å². The summed E-state index contributed by atoms with van der Waals surface area (Å²) in [6, 6.07) is 25.8. The van der Waals surface area contributed by atoms with Gasteiger partial charge in [-0.25, -0.2) is 0 Å². The molecule has 9 heteroatoms. The molecule has 0 heterocycles. The van der Waals surface area contributed by atoms with Gasteiger partial charge in [0.15, 0.2) is 11.5 Å². The maximum Gasteiger partial charge on any atom is 0.251 e. The lowest BCUT2D eigenvalue weighted by molar-refractivity contribution is -0.139. The van der Waals surface area contributed by atoms with E-state index in [4.69, 9.17) is 30.5 Å². The van der Waals surface area contributed by atoms with Gasteiger partial charge in [0.05, 0.1) is 40.5 Å². The SMILES string of the molecule is COc1ccc(NC(=O)C(c2ccc(OC)c(OC)c2)N(Cc2ccc(Cl)cc2)C(=O)Cc2ccccc2)c(OC)c1. The fourth-order valence-corrected chi connectivity index (χ4v) is 4.71. The van der Waals surface area contributed by atoms with Gasteiger partial charge in [-0.2, -0.15) is 0 Å². The number of carbonyl (C=O) groups is 2. The highest BCUT2D eigenvalue weighted by atomic mass is 35.5. The van der Waals surface area contributed by atoms with Gasteiger partial charge in [0, 0.05) is 17.6 Å². The Balaban J connectivity index is 1.82. The van der Waals surface area contributed by atoms with E-state index in [-0.39, 0.29) is 18.9 Å². The number of hydrogen-bond donors (Lipinski definition) is 1. The number of ether oxygens (including phenoxy) is 4. The second-order valence-electron chi connectivity index (χ2n) is 9.38. The van der Waals surface area contributed by atoms with Crippen LogP contribution in [0.4, 0.5) is 5.69 Å². The van der Waals surface area contributed by atoms with Crippen molar-refractivity contribution >= 4 is 29.1 Å². The number of nitrogens with one attached hydrogen (secondary N) is 1. The highest BCUT2D eigenvalue weighted by Gasteiger charge is 2.33. The van der Waals surface area contributed by atoms with E-state index >= 15 is 0 Å². The second kappa shape index (κ2) is 14.3. The molecule has 1 atom stereocenters. The van der Waals surface area contributed by atoms with Gasteiger partial charge in [0.1, 0.15) is 17.5 Å². The predicted octanol–water partition coefficient (Wildman–Crippen LogP) is 6.33. The molecular weight excluding hydrogens is 556 g/mol. The van der Waals surface area contributed by atoms with E-state index in [9.17, 15) is 9.59 Å². The minimum absolute atomic E-state index is 0.0946. The van der Waals surface area contributed by atoms with Gasteiger partial charge in [-0.1, -0.05) is 60.1 Å². The summed E-state index contributed by atoms with van der Waals surface area (Å²) >= 11 is 6.14. The fourth-order valence-electron chi connectivity index (χ4n) is 4.58. The molecule has 4 aromatic carbocycles. The van der Waals surface area contributed by atoms with Crippen LogP contribution in [-0.4, -0.2) is 45.2 Å². The van der Waals surface area contributed by atoms with E-state index in [0.29, 0.717) is 39.3 Å². The molecule has 8 nitrogen and oxygen atoms in total. The van der Waals surface area contributed by atoms with Crippen LogP contribution in [0.2, 0.25) is 5.02 Å². The maximum atomic E-state index is 14.2. The Morgan fingerprint density at radius 2 is 1.43 bits per heavy atom. The summed E-state index contributed by atoms with van der Waals surface area (Å²) in [5.74, 6) is 1.22. The number of anilines is 1. The average molecular weight is 589 g/mol. The number of rotatable bonds is 12. The largest absolute Gasteiger partial charge is 0.497 e. The van der Waals surface area contributed by atoms with Gasteiger partial charge in [-0.15, -0.1) is 0 Å². The van der Waals surface area contributed by atoms with Crippen molar-refractivity contribution in [3.05, 3.63) is 113 Å². The molecule has 42 heavy (non-hydrogen) atoms. The number of benzene rings is 4. The van der Waals surface area contributed by atoms with Crippen LogP contribution in [0.25, 0.3) is 0 Å². The Morgan fingerprint density at radius 1 is 0.738 bits per heavy atom. The molecule has 4 rings (SSSR count). The summed E-state index contributed by atoms with van der Waals surface area (Å²) < 4.78 is 21.8. The zero-order valence-electron chi connectivity index (χ0n) is 23.9. The molecule has 0 spiro atoms. The van der Waals surface area contributed by atoms with Crippen molar-refractivity contribution in [2.24, 2.45) is 0 Å². The summed E-state index contributed by atoms with van der Waals surface area (Å²) in [6.45, 7) is 0.148. The number of hydrogen-bond acceptors (Lipinski definition) is 6. The van der Waals surface area contributed by atoms with Crippen LogP contribution in [-0.2, 0) is 22.6 Å². The molecule has 0 fully saturated rings. The molecule has 0 saturated carbocycles. The lowest BCUT2D eigenvalue weighted by Gasteiger charge is -2.32. The molecule has 0 radical (unpaired) electrons. The van der Waals surface area contributed by atoms with Crippen molar-refractivity contribution in [1.82, 2.24) is 4.90 Å². The van der Waals surface area contributed by atoms with Gasteiger partial charge >= 0.3 is 0 Å². The third-order valence-corrected chi connectivity index (χ3v) is 6.99. The molecule has 4 aromatic rings. The van der Waals surface area contributed by atoms with Crippen LogP contribution in [0.15, 0.2) is 91.0 Å². The quantitative estimate of drug-likeness (QED) is 0.208. The zero-order chi connectivity index (χ0) is 30.1. The van der Waals surface area contributed by atoms with Crippen molar-refractivity contribution in [3.8, 4) is 23.0 Å². The first kappa shape index (κ1) is 30.3. The number of methoxy groups -OCH3 is 4. The van der Waals surface area contributed by atoms with Gasteiger partial charge < -0.3 is 29.2 Å². The Bertz CT molecular complexity index is 1510. The molecule has 0 aliphatic rings. The predicted molar refractivity (Wildman–Crippen MR) is 163 cm³/mol. The molecule has 0 aliphatic carbocycles.